The van der Waals surface area contributed by atoms with E-state index in [2.05, 4.69) is 4.98 Å². The molecule has 4 heteroatoms. The second kappa shape index (κ2) is 4.31. The van der Waals surface area contributed by atoms with E-state index in [1.54, 1.807) is 13.0 Å². The molecule has 0 saturated carbocycles. The molecule has 0 spiro atoms. The molecular formula is C15H13FN2S. The molecule has 0 unspecified atom stereocenters. The number of nitrogens with zero attached hydrogens (tertiary/aromatic N) is 1. The summed E-state index contributed by atoms with van der Waals surface area (Å²) in [5, 5.41) is 0. The summed E-state index contributed by atoms with van der Waals surface area (Å²) in [6.45, 7) is 3.79. The van der Waals surface area contributed by atoms with Gasteiger partial charge in [0, 0.05) is 5.56 Å². The zero-order valence-electron chi connectivity index (χ0n) is 10.7. The summed E-state index contributed by atoms with van der Waals surface area (Å²) in [4.78, 5) is 3.17. The number of fused-ring (bicyclic) bond motifs is 1. The Morgan fingerprint density at radius 3 is 2.63 bits per heavy atom. The lowest BCUT2D eigenvalue weighted by Crippen LogP contribution is -2.00. The number of halogens is 1. The largest absolute Gasteiger partial charge is 0.330 e. The molecule has 2 aromatic carbocycles. The van der Waals surface area contributed by atoms with Crippen LogP contribution in [0.15, 0.2) is 36.4 Å². The number of aryl methyl sites for hydroxylation is 1. The molecule has 0 fully saturated rings. The fourth-order valence-corrected chi connectivity index (χ4v) is 2.70. The number of aromatic amines is 1. The Bertz CT molecular complexity index is 830. The van der Waals surface area contributed by atoms with Gasteiger partial charge in [-0.25, -0.2) is 4.39 Å². The maximum Gasteiger partial charge on any atom is 0.182 e. The first-order chi connectivity index (χ1) is 9.09. The van der Waals surface area contributed by atoms with Gasteiger partial charge in [-0.1, -0.05) is 18.2 Å². The molecule has 3 rings (SSSR count). The van der Waals surface area contributed by atoms with E-state index >= 15 is 0 Å². The number of hydrogen-bond acceptors (Lipinski definition) is 1. The van der Waals surface area contributed by atoms with Gasteiger partial charge in [-0.05, 0) is 49.8 Å². The van der Waals surface area contributed by atoms with Crippen molar-refractivity contribution in [3.8, 4) is 5.69 Å². The van der Waals surface area contributed by atoms with Crippen LogP contribution in [-0.2, 0) is 0 Å². The maximum absolute atomic E-state index is 13.7. The standard InChI is InChI=1S/C15H13FN2S/c1-9-5-3-7-12-14(9)18(15(19)17-12)13-8-4-6-11(16)10(13)2/h3-8H,1-2H3,(H,17,19). The van der Waals surface area contributed by atoms with Crippen molar-refractivity contribution >= 4 is 23.3 Å². The van der Waals surface area contributed by atoms with Crippen molar-refractivity contribution in [1.29, 1.82) is 0 Å². The van der Waals surface area contributed by atoms with Crippen LogP contribution >= 0.6 is 12.2 Å². The van der Waals surface area contributed by atoms with Crippen molar-refractivity contribution in [2.45, 2.75) is 13.8 Å². The molecule has 0 saturated heterocycles. The molecule has 3 aromatic rings. The molecule has 19 heavy (non-hydrogen) atoms. The third kappa shape index (κ3) is 1.79. The first-order valence-electron chi connectivity index (χ1n) is 6.05. The van der Waals surface area contributed by atoms with Crippen molar-refractivity contribution in [1.82, 2.24) is 9.55 Å². The average molecular weight is 272 g/mol. The van der Waals surface area contributed by atoms with Crippen LogP contribution in [0.5, 0.6) is 0 Å². The Morgan fingerprint density at radius 1 is 1.11 bits per heavy atom. The van der Waals surface area contributed by atoms with E-state index in [1.807, 2.05) is 35.8 Å². The van der Waals surface area contributed by atoms with Gasteiger partial charge in [0.25, 0.3) is 0 Å². The second-order valence-corrected chi connectivity index (χ2v) is 5.01. The Kier molecular flexibility index (Phi) is 2.75. The Hall–Kier alpha value is -1.94. The molecule has 1 aromatic heterocycles. The Morgan fingerprint density at radius 2 is 1.84 bits per heavy atom. The lowest BCUT2D eigenvalue weighted by Gasteiger charge is -2.10. The van der Waals surface area contributed by atoms with Gasteiger partial charge < -0.3 is 4.98 Å². The van der Waals surface area contributed by atoms with Crippen LogP contribution in [0, 0.1) is 24.4 Å². The molecule has 2 nitrogen and oxygen atoms in total. The molecular weight excluding hydrogens is 259 g/mol. The molecule has 0 bridgehead atoms. The van der Waals surface area contributed by atoms with Crippen molar-refractivity contribution in [3.63, 3.8) is 0 Å². The Labute approximate surface area is 115 Å². The number of hydrogen-bond donors (Lipinski definition) is 1. The smallest absolute Gasteiger partial charge is 0.182 e. The first-order valence-corrected chi connectivity index (χ1v) is 6.46. The highest BCUT2D eigenvalue weighted by Gasteiger charge is 2.12. The third-order valence-corrected chi connectivity index (χ3v) is 3.67. The van der Waals surface area contributed by atoms with Gasteiger partial charge in [-0.3, -0.25) is 4.57 Å². The van der Waals surface area contributed by atoms with Gasteiger partial charge in [-0.2, -0.15) is 0 Å². The highest BCUT2D eigenvalue weighted by Crippen LogP contribution is 2.25. The summed E-state index contributed by atoms with van der Waals surface area (Å²) in [6.07, 6.45) is 0. The SMILES string of the molecule is Cc1c(F)cccc1-n1c(=S)[nH]c2cccc(C)c21. The summed E-state index contributed by atoms with van der Waals surface area (Å²) in [5.74, 6) is -0.220. The lowest BCUT2D eigenvalue weighted by atomic mass is 10.1. The third-order valence-electron chi connectivity index (χ3n) is 3.39. The summed E-state index contributed by atoms with van der Waals surface area (Å²) in [6, 6.07) is 11.0. The number of benzene rings is 2. The summed E-state index contributed by atoms with van der Waals surface area (Å²) in [5.41, 5.74) is 4.46. The first kappa shape index (κ1) is 12.1. The van der Waals surface area contributed by atoms with Crippen molar-refractivity contribution < 1.29 is 4.39 Å². The number of aromatic nitrogens is 2. The van der Waals surface area contributed by atoms with Gasteiger partial charge in [0.1, 0.15) is 5.82 Å². The Balaban J connectivity index is 2.46. The monoisotopic (exact) mass is 272 g/mol. The minimum Gasteiger partial charge on any atom is -0.330 e. The molecule has 1 heterocycles. The van der Waals surface area contributed by atoms with Crippen LogP contribution < -0.4 is 0 Å². The summed E-state index contributed by atoms with van der Waals surface area (Å²) >= 11 is 5.38. The fraction of sp³-hybridized carbons (Fsp3) is 0.133. The number of H-pyrrole nitrogens is 1. The molecule has 0 aliphatic rings. The molecule has 1 N–H and O–H groups in total. The average Bonchev–Trinajstić information content (AvgIpc) is 2.71. The summed E-state index contributed by atoms with van der Waals surface area (Å²) in [7, 11) is 0. The van der Waals surface area contributed by atoms with E-state index in [4.69, 9.17) is 12.2 Å². The molecule has 0 radical (unpaired) electrons. The summed E-state index contributed by atoms with van der Waals surface area (Å²) < 4.78 is 16.2. The van der Waals surface area contributed by atoms with Gasteiger partial charge in [0.05, 0.1) is 16.7 Å². The normalized spacial score (nSPS) is 11.1. The van der Waals surface area contributed by atoms with Crippen LogP contribution in [0.1, 0.15) is 11.1 Å². The van der Waals surface area contributed by atoms with Crippen molar-refractivity contribution in [3.05, 3.63) is 58.1 Å². The van der Waals surface area contributed by atoms with Crippen LogP contribution in [-0.4, -0.2) is 9.55 Å². The number of imidazole rings is 1. The maximum atomic E-state index is 13.7. The zero-order chi connectivity index (χ0) is 13.6. The van der Waals surface area contributed by atoms with Crippen molar-refractivity contribution in [2.75, 3.05) is 0 Å². The van der Waals surface area contributed by atoms with E-state index in [1.165, 1.54) is 6.07 Å². The number of para-hydroxylation sites is 1. The van der Waals surface area contributed by atoms with E-state index in [-0.39, 0.29) is 5.82 Å². The second-order valence-electron chi connectivity index (χ2n) is 4.62. The van der Waals surface area contributed by atoms with Gasteiger partial charge in [0.15, 0.2) is 4.77 Å². The minimum atomic E-state index is -0.220. The zero-order valence-corrected chi connectivity index (χ0v) is 11.5. The molecule has 96 valence electrons. The van der Waals surface area contributed by atoms with Crippen LogP contribution in [0.3, 0.4) is 0 Å². The molecule has 0 amide bonds. The predicted octanol–water partition coefficient (Wildman–Crippen LogP) is 4.44. The molecule has 0 aliphatic carbocycles. The highest BCUT2D eigenvalue weighted by atomic mass is 32.1. The van der Waals surface area contributed by atoms with E-state index in [9.17, 15) is 4.39 Å². The predicted molar refractivity (Wildman–Crippen MR) is 77.9 cm³/mol. The van der Waals surface area contributed by atoms with Gasteiger partial charge in [0.2, 0.25) is 0 Å². The van der Waals surface area contributed by atoms with Crippen molar-refractivity contribution in [2.24, 2.45) is 0 Å². The number of rotatable bonds is 1. The van der Waals surface area contributed by atoms with E-state index in [0.717, 1.165) is 22.3 Å². The lowest BCUT2D eigenvalue weighted by molar-refractivity contribution is 0.617. The minimum absolute atomic E-state index is 0.220. The van der Waals surface area contributed by atoms with E-state index < -0.39 is 0 Å². The van der Waals surface area contributed by atoms with Crippen LogP contribution in [0.4, 0.5) is 4.39 Å². The van der Waals surface area contributed by atoms with Crippen LogP contribution in [0.2, 0.25) is 0 Å². The fourth-order valence-electron chi connectivity index (χ4n) is 2.40. The topological polar surface area (TPSA) is 20.7 Å². The number of nitrogens with one attached hydrogen (secondary N) is 1. The highest BCUT2D eigenvalue weighted by molar-refractivity contribution is 7.71. The molecule has 0 atom stereocenters. The quantitative estimate of drug-likeness (QED) is 0.649. The molecule has 0 aliphatic heterocycles. The van der Waals surface area contributed by atoms with Crippen LogP contribution in [0.25, 0.3) is 16.7 Å². The van der Waals surface area contributed by atoms with Gasteiger partial charge in [-0.15, -0.1) is 0 Å². The van der Waals surface area contributed by atoms with Gasteiger partial charge >= 0.3 is 0 Å². The van der Waals surface area contributed by atoms with E-state index in [0.29, 0.717) is 10.3 Å².